The minimum absolute atomic E-state index is 0.193. The van der Waals surface area contributed by atoms with Gasteiger partial charge in [-0.15, -0.1) is 0 Å². The second-order valence-electron chi connectivity index (χ2n) is 7.92. The summed E-state index contributed by atoms with van der Waals surface area (Å²) in [5.74, 6) is 0.422. The lowest BCUT2D eigenvalue weighted by Crippen LogP contribution is -2.40. The Labute approximate surface area is 162 Å². The van der Waals surface area contributed by atoms with Crippen LogP contribution in [0.2, 0.25) is 0 Å². The number of anilines is 1. The lowest BCUT2D eigenvalue weighted by molar-refractivity contribution is -0.123. The minimum Gasteiger partial charge on any atom is -0.339 e. The normalized spacial score (nSPS) is 19.3. The number of carbonyl (C=O) groups is 3. The van der Waals surface area contributed by atoms with Gasteiger partial charge in [0.25, 0.3) is 5.91 Å². The van der Waals surface area contributed by atoms with Crippen LogP contribution in [-0.2, 0) is 27.0 Å². The quantitative estimate of drug-likeness (QED) is 0.676. The highest BCUT2D eigenvalue weighted by atomic mass is 16.5. The van der Waals surface area contributed by atoms with E-state index in [9.17, 15) is 14.4 Å². The molecule has 3 rings (SSSR count). The number of benzene rings is 1. The summed E-state index contributed by atoms with van der Waals surface area (Å²) in [7, 11) is 0. The zero-order valence-corrected chi connectivity index (χ0v) is 16.3. The van der Waals surface area contributed by atoms with E-state index in [1.807, 2.05) is 20.8 Å². The average molecular weight is 385 g/mol. The van der Waals surface area contributed by atoms with Crippen molar-refractivity contribution in [2.24, 2.45) is 0 Å². The van der Waals surface area contributed by atoms with Crippen molar-refractivity contribution in [2.45, 2.75) is 51.5 Å². The second kappa shape index (κ2) is 7.06. The van der Waals surface area contributed by atoms with E-state index in [-0.39, 0.29) is 17.7 Å². The van der Waals surface area contributed by atoms with Crippen LogP contribution in [0.5, 0.6) is 0 Å². The smallest absolute Gasteiger partial charge is 0.322 e. The van der Waals surface area contributed by atoms with E-state index in [4.69, 9.17) is 4.52 Å². The van der Waals surface area contributed by atoms with Crippen molar-refractivity contribution < 1.29 is 18.9 Å². The highest BCUT2D eigenvalue weighted by Gasteiger charge is 2.43. The first kappa shape index (κ1) is 19.5. The molecule has 1 atom stereocenters. The molecule has 4 amide bonds. The maximum absolute atomic E-state index is 12.2. The molecule has 3 N–H and O–H groups in total. The molecule has 2 heterocycles. The number of hydrogen-bond acceptors (Lipinski definition) is 6. The van der Waals surface area contributed by atoms with Crippen molar-refractivity contribution in [2.75, 3.05) is 5.32 Å². The van der Waals surface area contributed by atoms with E-state index in [1.54, 1.807) is 31.2 Å². The fourth-order valence-corrected chi connectivity index (χ4v) is 2.74. The summed E-state index contributed by atoms with van der Waals surface area (Å²) in [6, 6.07) is 6.21. The number of nitrogens with zero attached hydrogens (tertiary/aromatic N) is 2. The van der Waals surface area contributed by atoms with Gasteiger partial charge >= 0.3 is 6.03 Å². The maximum atomic E-state index is 12.2. The van der Waals surface area contributed by atoms with Gasteiger partial charge in [0.05, 0.1) is 0 Å². The third kappa shape index (κ3) is 4.03. The van der Waals surface area contributed by atoms with Crippen LogP contribution in [0.15, 0.2) is 28.8 Å². The molecular formula is C19H23N5O4. The van der Waals surface area contributed by atoms with Gasteiger partial charge in [-0.1, -0.05) is 38.1 Å². The molecule has 0 radical (unpaired) electrons. The summed E-state index contributed by atoms with van der Waals surface area (Å²) in [6.45, 7) is 7.58. The van der Waals surface area contributed by atoms with Crippen LogP contribution in [0.1, 0.15) is 51.4 Å². The Hall–Kier alpha value is -3.23. The summed E-state index contributed by atoms with van der Waals surface area (Å²) in [6.07, 6.45) is 0.543. The molecule has 1 aromatic heterocycles. The van der Waals surface area contributed by atoms with E-state index in [0.29, 0.717) is 29.4 Å². The molecule has 9 nitrogen and oxygen atoms in total. The van der Waals surface area contributed by atoms with E-state index >= 15 is 0 Å². The first-order valence-electron chi connectivity index (χ1n) is 8.95. The van der Waals surface area contributed by atoms with Crippen molar-refractivity contribution in [3.8, 4) is 0 Å². The molecule has 1 fully saturated rings. The predicted molar refractivity (Wildman–Crippen MR) is 100 cm³/mol. The van der Waals surface area contributed by atoms with Crippen LogP contribution in [0, 0.1) is 0 Å². The Balaban J connectivity index is 1.57. The first-order valence-corrected chi connectivity index (χ1v) is 8.95. The highest BCUT2D eigenvalue weighted by Crippen LogP contribution is 2.25. The standard InChI is InChI=1S/C19H23N5O4/c1-18(2,3)15-21-14(28-24-15)10-9-13(25)20-12-7-5-11(6-8-12)19(4)16(26)22-17(27)23-19/h5-8H,9-10H2,1-4H3,(H,20,25)(H2,22,23,26,27)/t19-/m0/s1. The average Bonchev–Trinajstić information content (AvgIpc) is 3.19. The molecule has 9 heteroatoms. The number of nitrogens with one attached hydrogen (secondary N) is 3. The number of amides is 4. The lowest BCUT2D eigenvalue weighted by Gasteiger charge is -2.21. The molecule has 0 bridgehead atoms. The number of aryl methyl sites for hydroxylation is 1. The molecule has 1 aromatic carbocycles. The molecule has 0 unspecified atom stereocenters. The van der Waals surface area contributed by atoms with Crippen LogP contribution < -0.4 is 16.0 Å². The number of aromatic nitrogens is 2. The SMILES string of the molecule is CC(C)(C)c1noc(CCC(=O)Nc2ccc([C@]3(C)NC(=O)NC3=O)cc2)n1. The minimum atomic E-state index is -1.12. The number of hydrogen-bond donors (Lipinski definition) is 3. The molecule has 0 spiro atoms. The van der Waals surface area contributed by atoms with Gasteiger partial charge < -0.3 is 15.2 Å². The van der Waals surface area contributed by atoms with Crippen molar-refractivity contribution in [3.63, 3.8) is 0 Å². The number of rotatable bonds is 5. The van der Waals surface area contributed by atoms with Gasteiger partial charge in [0.15, 0.2) is 5.82 Å². The summed E-state index contributed by atoms with van der Waals surface area (Å²) in [4.78, 5) is 39.8. The van der Waals surface area contributed by atoms with Crippen LogP contribution in [0.25, 0.3) is 0 Å². The molecule has 1 saturated heterocycles. The third-order valence-corrected chi connectivity index (χ3v) is 4.50. The van der Waals surface area contributed by atoms with E-state index in [0.717, 1.165) is 0 Å². The van der Waals surface area contributed by atoms with Gasteiger partial charge in [0.1, 0.15) is 5.54 Å². The molecule has 0 saturated carbocycles. The second-order valence-corrected chi connectivity index (χ2v) is 7.92. The van der Waals surface area contributed by atoms with Crippen LogP contribution in [0.3, 0.4) is 0 Å². The zero-order valence-electron chi connectivity index (χ0n) is 16.3. The zero-order chi connectivity index (χ0) is 20.5. The van der Waals surface area contributed by atoms with E-state index in [1.165, 1.54) is 0 Å². The van der Waals surface area contributed by atoms with Gasteiger partial charge in [-0.25, -0.2) is 4.79 Å². The largest absolute Gasteiger partial charge is 0.339 e. The molecule has 1 aliphatic heterocycles. The lowest BCUT2D eigenvalue weighted by atomic mass is 9.92. The van der Waals surface area contributed by atoms with Crippen molar-refractivity contribution in [1.29, 1.82) is 0 Å². The number of carbonyl (C=O) groups excluding carboxylic acids is 3. The Kier molecular flexibility index (Phi) is 4.93. The van der Waals surface area contributed by atoms with Crippen molar-refractivity contribution >= 4 is 23.5 Å². The Morgan fingerprint density at radius 2 is 1.89 bits per heavy atom. The Bertz CT molecular complexity index is 913. The van der Waals surface area contributed by atoms with Crippen LogP contribution in [-0.4, -0.2) is 28.0 Å². The number of urea groups is 1. The number of imide groups is 1. The molecular weight excluding hydrogens is 362 g/mol. The summed E-state index contributed by atoms with van der Waals surface area (Å²) < 4.78 is 5.18. The van der Waals surface area contributed by atoms with Gasteiger partial charge in [0.2, 0.25) is 11.8 Å². The fourth-order valence-electron chi connectivity index (χ4n) is 2.74. The van der Waals surface area contributed by atoms with Crippen molar-refractivity contribution in [1.82, 2.24) is 20.8 Å². The topological polar surface area (TPSA) is 126 Å². The highest BCUT2D eigenvalue weighted by molar-refractivity contribution is 6.07. The third-order valence-electron chi connectivity index (χ3n) is 4.50. The maximum Gasteiger partial charge on any atom is 0.322 e. The molecule has 0 aliphatic carbocycles. The summed E-state index contributed by atoms with van der Waals surface area (Å²) in [5, 5.41) is 11.5. The summed E-state index contributed by atoms with van der Waals surface area (Å²) in [5.41, 5.74) is -0.127. The van der Waals surface area contributed by atoms with Crippen LogP contribution >= 0.6 is 0 Å². The summed E-state index contributed by atoms with van der Waals surface area (Å²) >= 11 is 0. The molecule has 148 valence electrons. The van der Waals surface area contributed by atoms with E-state index < -0.39 is 17.5 Å². The monoisotopic (exact) mass is 385 g/mol. The van der Waals surface area contributed by atoms with E-state index in [2.05, 4.69) is 26.1 Å². The van der Waals surface area contributed by atoms with Gasteiger partial charge in [-0.05, 0) is 24.6 Å². The molecule has 1 aliphatic rings. The molecule has 2 aromatic rings. The first-order chi connectivity index (χ1) is 13.1. The Morgan fingerprint density at radius 3 is 2.43 bits per heavy atom. The Morgan fingerprint density at radius 1 is 1.21 bits per heavy atom. The van der Waals surface area contributed by atoms with Gasteiger partial charge in [-0.2, -0.15) is 4.98 Å². The molecule has 28 heavy (non-hydrogen) atoms. The van der Waals surface area contributed by atoms with Gasteiger partial charge in [0, 0.05) is 23.9 Å². The predicted octanol–water partition coefficient (Wildman–Crippen LogP) is 1.99. The van der Waals surface area contributed by atoms with Gasteiger partial charge in [-0.3, -0.25) is 14.9 Å². The van der Waals surface area contributed by atoms with Crippen LogP contribution in [0.4, 0.5) is 10.5 Å². The van der Waals surface area contributed by atoms with Crippen molar-refractivity contribution in [3.05, 3.63) is 41.5 Å². The fraction of sp³-hybridized carbons (Fsp3) is 0.421.